The Bertz CT molecular complexity index is 1440. The maximum atomic E-state index is 13.2. The molecule has 0 unspecified atom stereocenters. The van der Waals surface area contributed by atoms with Crippen LogP contribution >= 0.6 is 0 Å². The van der Waals surface area contributed by atoms with E-state index in [0.717, 1.165) is 51.0 Å². The second kappa shape index (κ2) is 9.94. The first kappa shape index (κ1) is 23.6. The number of hydrogen-bond donors (Lipinski definition) is 1. The van der Waals surface area contributed by atoms with Gasteiger partial charge < -0.3 is 5.32 Å². The van der Waals surface area contributed by atoms with Gasteiger partial charge in [0, 0.05) is 25.7 Å². The molecule has 0 radical (unpaired) electrons. The lowest BCUT2D eigenvalue weighted by Crippen LogP contribution is -2.40. The maximum Gasteiger partial charge on any atom is 0.273 e. The molecule has 2 heterocycles. The molecule has 1 aromatic heterocycles. The van der Waals surface area contributed by atoms with Crippen molar-refractivity contribution < 1.29 is 4.79 Å². The largest absolute Gasteiger partial charge is 0.348 e. The molecule has 1 N–H and O–H groups in total. The van der Waals surface area contributed by atoms with Crippen molar-refractivity contribution in [1.82, 2.24) is 25.2 Å². The number of carbonyl (C=O) groups excluding carboxylic acids is 1. The molecule has 3 aromatic carbocycles. The van der Waals surface area contributed by atoms with Crippen LogP contribution in [0.3, 0.4) is 0 Å². The number of fused-ring (bicyclic) bond motifs is 2. The molecule has 0 saturated heterocycles. The number of hydrogen-bond acceptors (Lipinski definition) is 4. The van der Waals surface area contributed by atoms with Crippen LogP contribution in [0.15, 0.2) is 66.7 Å². The van der Waals surface area contributed by atoms with E-state index >= 15 is 0 Å². The van der Waals surface area contributed by atoms with Crippen LogP contribution in [-0.2, 0) is 32.4 Å². The molecule has 188 valence electrons. The summed E-state index contributed by atoms with van der Waals surface area (Å²) in [6, 6.07) is 23.2. The van der Waals surface area contributed by atoms with Gasteiger partial charge in [0.05, 0.1) is 11.4 Å². The van der Waals surface area contributed by atoms with Gasteiger partial charge in [-0.05, 0) is 85.0 Å². The molecule has 0 bridgehead atoms. The molecule has 4 aromatic rings. The average molecular weight is 492 g/mol. The summed E-state index contributed by atoms with van der Waals surface area (Å²) in [6.45, 7) is 7.08. The summed E-state index contributed by atoms with van der Waals surface area (Å²) in [4.78, 5) is 17.3. The summed E-state index contributed by atoms with van der Waals surface area (Å²) in [5, 5.41) is 12.3. The van der Waals surface area contributed by atoms with Crippen LogP contribution in [0.25, 0.3) is 5.69 Å². The van der Waals surface area contributed by atoms with Crippen LogP contribution in [0, 0.1) is 13.8 Å². The minimum atomic E-state index is -0.144. The lowest BCUT2D eigenvalue weighted by atomic mass is 9.82. The SMILES string of the molecule is Cc1ccc(CN2CCc3ccccc3C2)c2c1CC[C@@H](NC(=O)c1nn(-c3ccccc3)nc1C)C2. The van der Waals surface area contributed by atoms with Gasteiger partial charge in [-0.2, -0.15) is 9.90 Å². The van der Waals surface area contributed by atoms with Gasteiger partial charge in [-0.1, -0.05) is 54.6 Å². The Morgan fingerprint density at radius 3 is 2.54 bits per heavy atom. The van der Waals surface area contributed by atoms with Crippen molar-refractivity contribution in [2.24, 2.45) is 0 Å². The summed E-state index contributed by atoms with van der Waals surface area (Å²) in [7, 11) is 0. The monoisotopic (exact) mass is 491 g/mol. The number of para-hydroxylation sites is 1. The molecule has 2 aliphatic rings. The third kappa shape index (κ3) is 4.81. The molecular formula is C31H33N5O. The van der Waals surface area contributed by atoms with E-state index < -0.39 is 0 Å². The predicted molar refractivity (Wildman–Crippen MR) is 145 cm³/mol. The Morgan fingerprint density at radius 1 is 0.919 bits per heavy atom. The number of nitrogens with one attached hydrogen (secondary N) is 1. The fourth-order valence-corrected chi connectivity index (χ4v) is 5.85. The van der Waals surface area contributed by atoms with E-state index in [1.54, 1.807) is 4.80 Å². The smallest absolute Gasteiger partial charge is 0.273 e. The van der Waals surface area contributed by atoms with Crippen molar-refractivity contribution >= 4 is 5.91 Å². The van der Waals surface area contributed by atoms with Gasteiger partial charge in [0.15, 0.2) is 5.69 Å². The molecule has 0 fully saturated rings. The van der Waals surface area contributed by atoms with E-state index in [1.165, 1.54) is 33.4 Å². The molecule has 6 nitrogen and oxygen atoms in total. The second-order valence-electron chi connectivity index (χ2n) is 10.4. The van der Waals surface area contributed by atoms with Crippen LogP contribution in [0.4, 0.5) is 0 Å². The number of aromatic nitrogens is 3. The van der Waals surface area contributed by atoms with Crippen molar-refractivity contribution in [1.29, 1.82) is 0 Å². The normalized spacial score (nSPS) is 17.2. The molecule has 0 saturated carbocycles. The third-order valence-corrected chi connectivity index (χ3v) is 7.88. The first-order chi connectivity index (χ1) is 18.0. The number of rotatable bonds is 5. The molecule has 1 atom stereocenters. The number of carbonyl (C=O) groups is 1. The fraction of sp³-hybridized carbons (Fsp3) is 0.323. The van der Waals surface area contributed by atoms with E-state index in [9.17, 15) is 4.79 Å². The Kier molecular flexibility index (Phi) is 6.35. The minimum absolute atomic E-state index is 0.0870. The second-order valence-corrected chi connectivity index (χ2v) is 10.4. The Balaban J connectivity index is 1.18. The van der Waals surface area contributed by atoms with Gasteiger partial charge in [-0.15, -0.1) is 5.10 Å². The minimum Gasteiger partial charge on any atom is -0.348 e. The zero-order valence-corrected chi connectivity index (χ0v) is 21.6. The quantitative estimate of drug-likeness (QED) is 0.438. The highest BCUT2D eigenvalue weighted by molar-refractivity contribution is 5.93. The fourth-order valence-electron chi connectivity index (χ4n) is 5.85. The van der Waals surface area contributed by atoms with Crippen LogP contribution in [0.2, 0.25) is 0 Å². The molecule has 0 spiro atoms. The van der Waals surface area contributed by atoms with Crippen molar-refractivity contribution in [3.8, 4) is 5.69 Å². The highest BCUT2D eigenvalue weighted by atomic mass is 16.2. The number of amides is 1. The van der Waals surface area contributed by atoms with E-state index in [2.05, 4.69) is 63.7 Å². The van der Waals surface area contributed by atoms with E-state index in [0.29, 0.717) is 11.4 Å². The van der Waals surface area contributed by atoms with Crippen LogP contribution in [0.1, 0.15) is 56.0 Å². The lowest BCUT2D eigenvalue weighted by Gasteiger charge is -2.32. The average Bonchev–Trinajstić information content (AvgIpc) is 3.32. The predicted octanol–water partition coefficient (Wildman–Crippen LogP) is 4.73. The summed E-state index contributed by atoms with van der Waals surface area (Å²) < 4.78 is 0. The molecular weight excluding hydrogens is 458 g/mol. The third-order valence-electron chi connectivity index (χ3n) is 7.88. The summed E-state index contributed by atoms with van der Waals surface area (Å²) in [6.07, 6.45) is 3.88. The molecule has 1 amide bonds. The zero-order chi connectivity index (χ0) is 25.4. The van der Waals surface area contributed by atoms with Crippen molar-refractivity contribution in [3.05, 3.63) is 111 Å². The van der Waals surface area contributed by atoms with Crippen LogP contribution < -0.4 is 5.32 Å². The van der Waals surface area contributed by atoms with Gasteiger partial charge in [0.25, 0.3) is 5.91 Å². The highest BCUT2D eigenvalue weighted by Crippen LogP contribution is 2.30. The molecule has 6 heteroatoms. The van der Waals surface area contributed by atoms with Crippen LogP contribution in [0.5, 0.6) is 0 Å². The molecule has 1 aliphatic carbocycles. The van der Waals surface area contributed by atoms with Crippen LogP contribution in [-0.4, -0.2) is 38.4 Å². The Labute approximate surface area is 218 Å². The standard InChI is InChI=1S/C31H33N5O/c1-21-12-13-25(20-35-17-16-23-8-6-7-9-24(23)19-35)29-18-26(14-15-28(21)29)32-31(37)30-22(2)33-36(34-30)27-10-4-3-5-11-27/h3-13,26H,14-20H2,1-2H3,(H,32,37)/t26-/m1/s1. The topological polar surface area (TPSA) is 63.1 Å². The lowest BCUT2D eigenvalue weighted by molar-refractivity contribution is 0.0927. The van der Waals surface area contributed by atoms with Crippen molar-refractivity contribution in [2.45, 2.75) is 58.7 Å². The molecule has 6 rings (SSSR count). The van der Waals surface area contributed by atoms with Gasteiger partial charge in [0.2, 0.25) is 0 Å². The zero-order valence-electron chi connectivity index (χ0n) is 21.6. The Morgan fingerprint density at radius 2 is 1.70 bits per heavy atom. The van der Waals surface area contributed by atoms with Crippen molar-refractivity contribution in [3.63, 3.8) is 0 Å². The number of benzene rings is 3. The van der Waals surface area contributed by atoms with E-state index in [4.69, 9.17) is 0 Å². The summed E-state index contributed by atoms with van der Waals surface area (Å²) in [5.41, 5.74) is 10.4. The summed E-state index contributed by atoms with van der Waals surface area (Å²) >= 11 is 0. The van der Waals surface area contributed by atoms with E-state index in [1.807, 2.05) is 37.3 Å². The first-order valence-corrected chi connectivity index (χ1v) is 13.2. The van der Waals surface area contributed by atoms with Gasteiger partial charge in [-0.3, -0.25) is 9.69 Å². The highest BCUT2D eigenvalue weighted by Gasteiger charge is 2.27. The molecule has 37 heavy (non-hydrogen) atoms. The number of nitrogens with zero attached hydrogens (tertiary/aromatic N) is 4. The van der Waals surface area contributed by atoms with Gasteiger partial charge >= 0.3 is 0 Å². The van der Waals surface area contributed by atoms with Gasteiger partial charge in [0.1, 0.15) is 0 Å². The van der Waals surface area contributed by atoms with E-state index in [-0.39, 0.29) is 11.9 Å². The summed E-state index contributed by atoms with van der Waals surface area (Å²) in [5.74, 6) is -0.144. The van der Waals surface area contributed by atoms with Crippen molar-refractivity contribution in [2.75, 3.05) is 6.54 Å². The number of aryl methyl sites for hydroxylation is 2. The Hall–Kier alpha value is -3.77. The molecule has 1 aliphatic heterocycles. The van der Waals surface area contributed by atoms with Gasteiger partial charge in [-0.25, -0.2) is 0 Å². The first-order valence-electron chi connectivity index (χ1n) is 13.2. The maximum absolute atomic E-state index is 13.2.